The van der Waals surface area contributed by atoms with Gasteiger partial charge in [-0.1, -0.05) is 37.3 Å². The van der Waals surface area contributed by atoms with E-state index in [4.69, 9.17) is 9.47 Å². The van der Waals surface area contributed by atoms with E-state index in [0.717, 1.165) is 26.0 Å². The standard InChI is InChI=1S/C17H27NO2/c1-3-18-16(12-11-15-10-7-13-20-15)17(19-2)14-8-5-4-6-9-14/h4-6,8-9,15-18H,3,7,10-13H2,1-2H3. The Morgan fingerprint density at radius 1 is 1.35 bits per heavy atom. The van der Waals surface area contributed by atoms with Gasteiger partial charge in [-0.15, -0.1) is 0 Å². The summed E-state index contributed by atoms with van der Waals surface area (Å²) in [7, 11) is 1.80. The lowest BCUT2D eigenvalue weighted by molar-refractivity contribution is 0.0523. The summed E-state index contributed by atoms with van der Waals surface area (Å²) in [5.41, 5.74) is 1.24. The number of hydrogen-bond acceptors (Lipinski definition) is 3. The average Bonchev–Trinajstić information content (AvgIpc) is 3.00. The lowest BCUT2D eigenvalue weighted by Gasteiger charge is -2.28. The van der Waals surface area contributed by atoms with E-state index in [0.29, 0.717) is 12.1 Å². The first kappa shape index (κ1) is 15.5. The highest BCUT2D eigenvalue weighted by Crippen LogP contribution is 2.26. The summed E-state index contributed by atoms with van der Waals surface area (Å²) >= 11 is 0. The molecule has 1 fully saturated rings. The lowest BCUT2D eigenvalue weighted by atomic mass is 9.96. The molecule has 1 heterocycles. The van der Waals surface area contributed by atoms with Gasteiger partial charge in [0.1, 0.15) is 0 Å². The third kappa shape index (κ3) is 4.30. The monoisotopic (exact) mass is 277 g/mol. The SMILES string of the molecule is CCNC(CCC1CCCO1)C(OC)c1ccccc1. The van der Waals surface area contributed by atoms with Crippen molar-refractivity contribution in [1.82, 2.24) is 5.32 Å². The van der Waals surface area contributed by atoms with E-state index in [1.165, 1.54) is 18.4 Å². The average molecular weight is 277 g/mol. The van der Waals surface area contributed by atoms with E-state index >= 15 is 0 Å². The molecule has 3 atom stereocenters. The zero-order valence-electron chi connectivity index (χ0n) is 12.7. The maximum atomic E-state index is 5.76. The zero-order valence-corrected chi connectivity index (χ0v) is 12.7. The molecule has 1 saturated heterocycles. The largest absolute Gasteiger partial charge is 0.378 e. The second kappa shape index (κ2) is 8.40. The molecule has 1 aromatic carbocycles. The Balaban J connectivity index is 1.97. The van der Waals surface area contributed by atoms with Crippen LogP contribution in [0.5, 0.6) is 0 Å². The molecule has 0 spiro atoms. The van der Waals surface area contributed by atoms with Crippen LogP contribution in [0.3, 0.4) is 0 Å². The van der Waals surface area contributed by atoms with Crippen molar-refractivity contribution in [2.75, 3.05) is 20.3 Å². The molecule has 1 aliphatic rings. The zero-order chi connectivity index (χ0) is 14.2. The summed E-state index contributed by atoms with van der Waals surface area (Å²) < 4.78 is 11.5. The van der Waals surface area contributed by atoms with E-state index in [-0.39, 0.29) is 6.10 Å². The van der Waals surface area contributed by atoms with Crippen molar-refractivity contribution in [2.24, 2.45) is 0 Å². The van der Waals surface area contributed by atoms with Gasteiger partial charge in [0.15, 0.2) is 0 Å². The molecule has 0 aromatic heterocycles. The molecule has 1 aromatic rings. The van der Waals surface area contributed by atoms with E-state index in [1.807, 2.05) is 6.07 Å². The smallest absolute Gasteiger partial charge is 0.0974 e. The molecule has 0 aliphatic carbocycles. The molecule has 3 heteroatoms. The summed E-state index contributed by atoms with van der Waals surface area (Å²) in [6, 6.07) is 10.8. The molecule has 1 aliphatic heterocycles. The fraction of sp³-hybridized carbons (Fsp3) is 0.647. The van der Waals surface area contributed by atoms with Crippen LogP contribution in [-0.2, 0) is 9.47 Å². The quantitative estimate of drug-likeness (QED) is 0.791. The van der Waals surface area contributed by atoms with Crippen LogP contribution in [-0.4, -0.2) is 32.4 Å². The van der Waals surface area contributed by atoms with Crippen LogP contribution in [0.1, 0.15) is 44.3 Å². The molecule has 112 valence electrons. The summed E-state index contributed by atoms with van der Waals surface area (Å²) in [6.07, 6.45) is 5.18. The van der Waals surface area contributed by atoms with Gasteiger partial charge in [0.25, 0.3) is 0 Å². The minimum absolute atomic E-state index is 0.109. The molecule has 0 saturated carbocycles. The first-order valence-corrected chi connectivity index (χ1v) is 7.78. The first-order valence-electron chi connectivity index (χ1n) is 7.78. The van der Waals surface area contributed by atoms with Gasteiger partial charge in [-0.2, -0.15) is 0 Å². The van der Waals surface area contributed by atoms with Crippen LogP contribution in [0.25, 0.3) is 0 Å². The van der Waals surface area contributed by atoms with Gasteiger partial charge in [0, 0.05) is 19.8 Å². The maximum absolute atomic E-state index is 5.76. The Labute approximate surface area is 122 Å². The van der Waals surface area contributed by atoms with Crippen LogP contribution in [0.15, 0.2) is 30.3 Å². The summed E-state index contributed by atoms with van der Waals surface area (Å²) in [5.74, 6) is 0. The predicted molar refractivity (Wildman–Crippen MR) is 81.9 cm³/mol. The molecule has 1 N–H and O–H groups in total. The van der Waals surface area contributed by atoms with Crippen LogP contribution >= 0.6 is 0 Å². The van der Waals surface area contributed by atoms with Crippen molar-refractivity contribution in [2.45, 2.75) is 50.9 Å². The lowest BCUT2D eigenvalue weighted by Crippen LogP contribution is -2.36. The molecule has 0 bridgehead atoms. The number of benzene rings is 1. The summed E-state index contributed by atoms with van der Waals surface area (Å²) in [4.78, 5) is 0. The fourth-order valence-corrected chi connectivity index (χ4v) is 3.04. The van der Waals surface area contributed by atoms with E-state index in [1.54, 1.807) is 7.11 Å². The molecule has 3 unspecified atom stereocenters. The van der Waals surface area contributed by atoms with E-state index in [2.05, 4.69) is 36.5 Å². The van der Waals surface area contributed by atoms with E-state index in [9.17, 15) is 0 Å². The second-order valence-corrected chi connectivity index (χ2v) is 5.44. The van der Waals surface area contributed by atoms with Crippen LogP contribution in [0, 0.1) is 0 Å². The van der Waals surface area contributed by atoms with Crippen LogP contribution < -0.4 is 5.32 Å². The van der Waals surface area contributed by atoms with Gasteiger partial charge >= 0.3 is 0 Å². The highest BCUT2D eigenvalue weighted by atomic mass is 16.5. The number of rotatable bonds is 8. The molecule has 0 amide bonds. The Kier molecular flexibility index (Phi) is 6.51. The topological polar surface area (TPSA) is 30.5 Å². The van der Waals surface area contributed by atoms with Crippen molar-refractivity contribution in [3.05, 3.63) is 35.9 Å². The summed E-state index contributed by atoms with van der Waals surface area (Å²) in [5, 5.41) is 3.58. The Hall–Kier alpha value is -0.900. The number of methoxy groups -OCH3 is 1. The predicted octanol–water partition coefficient (Wildman–Crippen LogP) is 3.31. The first-order chi connectivity index (χ1) is 9.85. The minimum atomic E-state index is 0.109. The van der Waals surface area contributed by atoms with Crippen molar-refractivity contribution in [1.29, 1.82) is 0 Å². The highest BCUT2D eigenvalue weighted by Gasteiger charge is 2.24. The Bertz CT molecular complexity index is 363. The molecular weight excluding hydrogens is 250 g/mol. The van der Waals surface area contributed by atoms with Crippen LogP contribution in [0.4, 0.5) is 0 Å². The van der Waals surface area contributed by atoms with Gasteiger partial charge in [-0.3, -0.25) is 0 Å². The molecular formula is C17H27NO2. The second-order valence-electron chi connectivity index (χ2n) is 5.44. The third-order valence-electron chi connectivity index (χ3n) is 4.04. The minimum Gasteiger partial charge on any atom is -0.378 e. The van der Waals surface area contributed by atoms with Crippen molar-refractivity contribution in [3.63, 3.8) is 0 Å². The van der Waals surface area contributed by atoms with Gasteiger partial charge in [-0.25, -0.2) is 0 Å². The van der Waals surface area contributed by atoms with Gasteiger partial charge in [-0.05, 0) is 37.8 Å². The molecule has 0 radical (unpaired) electrons. The van der Waals surface area contributed by atoms with Crippen molar-refractivity contribution < 1.29 is 9.47 Å². The normalized spacial score (nSPS) is 21.8. The van der Waals surface area contributed by atoms with Crippen molar-refractivity contribution >= 4 is 0 Å². The van der Waals surface area contributed by atoms with E-state index < -0.39 is 0 Å². The molecule has 2 rings (SSSR count). The van der Waals surface area contributed by atoms with Gasteiger partial charge in [0.2, 0.25) is 0 Å². The number of nitrogens with one attached hydrogen (secondary N) is 1. The Morgan fingerprint density at radius 2 is 2.15 bits per heavy atom. The number of ether oxygens (including phenoxy) is 2. The molecule has 3 nitrogen and oxygen atoms in total. The maximum Gasteiger partial charge on any atom is 0.0974 e. The Morgan fingerprint density at radius 3 is 2.75 bits per heavy atom. The highest BCUT2D eigenvalue weighted by molar-refractivity contribution is 5.19. The van der Waals surface area contributed by atoms with Gasteiger partial charge < -0.3 is 14.8 Å². The molecule has 20 heavy (non-hydrogen) atoms. The summed E-state index contributed by atoms with van der Waals surface area (Å²) in [6.45, 7) is 4.04. The number of likely N-dealkylation sites (N-methyl/N-ethyl adjacent to an activating group) is 1. The third-order valence-corrected chi connectivity index (χ3v) is 4.04. The van der Waals surface area contributed by atoms with Crippen LogP contribution in [0.2, 0.25) is 0 Å². The van der Waals surface area contributed by atoms with Crippen molar-refractivity contribution in [3.8, 4) is 0 Å². The number of hydrogen-bond donors (Lipinski definition) is 1. The van der Waals surface area contributed by atoms with Gasteiger partial charge in [0.05, 0.1) is 12.2 Å². The fourth-order valence-electron chi connectivity index (χ4n) is 3.04.